The van der Waals surface area contributed by atoms with Crippen LogP contribution in [0.4, 0.5) is 5.82 Å². The first kappa shape index (κ1) is 13.6. The van der Waals surface area contributed by atoms with Gasteiger partial charge in [0.2, 0.25) is 0 Å². The zero-order chi connectivity index (χ0) is 13.6. The Bertz CT molecular complexity index is 459. The van der Waals surface area contributed by atoms with E-state index in [1.807, 2.05) is 6.92 Å². The SMILES string of the molecule is Cc1c(Cl)nc(C(C)(C)C)nc1NCC1(C)CC1. The molecular formula is C14H22ClN3. The fourth-order valence-corrected chi connectivity index (χ4v) is 1.85. The van der Waals surface area contributed by atoms with Gasteiger partial charge in [0, 0.05) is 17.5 Å². The van der Waals surface area contributed by atoms with E-state index < -0.39 is 0 Å². The van der Waals surface area contributed by atoms with Gasteiger partial charge in [-0.15, -0.1) is 0 Å². The van der Waals surface area contributed by atoms with Crippen molar-refractivity contribution < 1.29 is 0 Å². The van der Waals surface area contributed by atoms with Crippen molar-refractivity contribution in [2.75, 3.05) is 11.9 Å². The van der Waals surface area contributed by atoms with Crippen molar-refractivity contribution in [2.45, 2.75) is 52.9 Å². The molecule has 1 aromatic heterocycles. The number of hydrogen-bond acceptors (Lipinski definition) is 3. The minimum Gasteiger partial charge on any atom is -0.369 e. The molecule has 1 fully saturated rings. The van der Waals surface area contributed by atoms with Crippen LogP contribution in [-0.4, -0.2) is 16.5 Å². The minimum atomic E-state index is -0.0861. The van der Waals surface area contributed by atoms with Crippen molar-refractivity contribution in [1.29, 1.82) is 0 Å². The predicted octanol–water partition coefficient (Wildman–Crippen LogP) is 3.95. The number of anilines is 1. The molecule has 0 aliphatic heterocycles. The second-order valence-corrected chi connectivity index (χ2v) is 7.08. The fourth-order valence-electron chi connectivity index (χ4n) is 1.68. The molecule has 0 aromatic carbocycles. The monoisotopic (exact) mass is 267 g/mol. The standard InChI is InChI=1S/C14H22ClN3/c1-9-10(15)17-12(13(2,3)4)18-11(9)16-8-14(5)6-7-14/h6-8H2,1-5H3,(H,16,17,18). The van der Waals surface area contributed by atoms with Crippen LogP contribution < -0.4 is 5.32 Å². The quantitative estimate of drug-likeness (QED) is 0.843. The fraction of sp³-hybridized carbons (Fsp3) is 0.714. The van der Waals surface area contributed by atoms with Crippen LogP contribution in [0.1, 0.15) is 51.9 Å². The van der Waals surface area contributed by atoms with Crippen molar-refractivity contribution >= 4 is 17.4 Å². The number of nitrogens with one attached hydrogen (secondary N) is 1. The maximum absolute atomic E-state index is 6.20. The lowest BCUT2D eigenvalue weighted by Crippen LogP contribution is -2.20. The molecule has 0 unspecified atom stereocenters. The van der Waals surface area contributed by atoms with Crippen LogP contribution in [0, 0.1) is 12.3 Å². The molecule has 0 bridgehead atoms. The van der Waals surface area contributed by atoms with E-state index in [0.29, 0.717) is 10.6 Å². The van der Waals surface area contributed by atoms with Crippen molar-refractivity contribution in [3.05, 3.63) is 16.5 Å². The van der Waals surface area contributed by atoms with Gasteiger partial charge in [-0.2, -0.15) is 0 Å². The van der Waals surface area contributed by atoms with E-state index in [1.165, 1.54) is 12.8 Å². The number of nitrogens with zero attached hydrogens (tertiary/aromatic N) is 2. The third-order valence-electron chi connectivity index (χ3n) is 3.54. The summed E-state index contributed by atoms with van der Waals surface area (Å²) in [6.07, 6.45) is 2.59. The minimum absolute atomic E-state index is 0.0861. The van der Waals surface area contributed by atoms with Crippen LogP contribution in [0.2, 0.25) is 5.15 Å². The Morgan fingerprint density at radius 1 is 1.28 bits per heavy atom. The normalized spacial score (nSPS) is 17.7. The van der Waals surface area contributed by atoms with Gasteiger partial charge in [-0.05, 0) is 25.2 Å². The Hall–Kier alpha value is -0.830. The van der Waals surface area contributed by atoms with Crippen LogP contribution in [0.5, 0.6) is 0 Å². The number of rotatable bonds is 3. The van der Waals surface area contributed by atoms with Gasteiger partial charge in [0.05, 0.1) is 0 Å². The van der Waals surface area contributed by atoms with Crippen molar-refractivity contribution in [2.24, 2.45) is 5.41 Å². The molecule has 0 amide bonds. The average Bonchev–Trinajstić information content (AvgIpc) is 2.97. The first-order valence-electron chi connectivity index (χ1n) is 6.50. The lowest BCUT2D eigenvalue weighted by molar-refractivity contribution is 0.544. The molecule has 0 atom stereocenters. The molecule has 0 saturated heterocycles. The first-order valence-corrected chi connectivity index (χ1v) is 6.88. The Morgan fingerprint density at radius 3 is 2.39 bits per heavy atom. The zero-order valence-electron chi connectivity index (χ0n) is 11.9. The molecule has 4 heteroatoms. The molecule has 1 aliphatic rings. The Labute approximate surface area is 114 Å². The van der Waals surface area contributed by atoms with Crippen molar-refractivity contribution in [3.63, 3.8) is 0 Å². The molecule has 18 heavy (non-hydrogen) atoms. The van der Waals surface area contributed by atoms with Crippen LogP contribution in [0.3, 0.4) is 0 Å². The first-order chi connectivity index (χ1) is 8.21. The van der Waals surface area contributed by atoms with Gasteiger partial charge in [0.1, 0.15) is 16.8 Å². The van der Waals surface area contributed by atoms with Crippen molar-refractivity contribution in [3.8, 4) is 0 Å². The molecule has 1 aromatic rings. The zero-order valence-corrected chi connectivity index (χ0v) is 12.6. The lowest BCUT2D eigenvalue weighted by atomic mass is 9.95. The van der Waals surface area contributed by atoms with Gasteiger partial charge in [0.25, 0.3) is 0 Å². The Morgan fingerprint density at radius 2 is 1.89 bits per heavy atom. The summed E-state index contributed by atoms with van der Waals surface area (Å²) in [5.41, 5.74) is 1.30. The Balaban J connectivity index is 2.24. The van der Waals surface area contributed by atoms with Crippen LogP contribution >= 0.6 is 11.6 Å². The molecule has 3 nitrogen and oxygen atoms in total. The number of aromatic nitrogens is 2. The van der Waals surface area contributed by atoms with E-state index in [0.717, 1.165) is 23.8 Å². The van der Waals surface area contributed by atoms with E-state index in [4.69, 9.17) is 11.6 Å². The van der Waals surface area contributed by atoms with Gasteiger partial charge in [0.15, 0.2) is 0 Å². The highest BCUT2D eigenvalue weighted by Gasteiger charge is 2.37. The topological polar surface area (TPSA) is 37.8 Å². The summed E-state index contributed by atoms with van der Waals surface area (Å²) in [4.78, 5) is 9.01. The number of halogens is 1. The third-order valence-corrected chi connectivity index (χ3v) is 3.91. The second-order valence-electron chi connectivity index (χ2n) is 6.73. The molecule has 100 valence electrons. The summed E-state index contributed by atoms with van der Waals surface area (Å²) in [5, 5.41) is 3.99. The largest absolute Gasteiger partial charge is 0.369 e. The van der Waals surface area contributed by atoms with Crippen LogP contribution in [-0.2, 0) is 5.41 Å². The highest BCUT2D eigenvalue weighted by atomic mass is 35.5. The molecule has 1 saturated carbocycles. The summed E-state index contributed by atoms with van der Waals surface area (Å²) in [5.74, 6) is 1.68. The lowest BCUT2D eigenvalue weighted by Gasteiger charge is -2.20. The van der Waals surface area contributed by atoms with Gasteiger partial charge < -0.3 is 5.32 Å². The van der Waals surface area contributed by atoms with Gasteiger partial charge in [-0.1, -0.05) is 39.3 Å². The van der Waals surface area contributed by atoms with E-state index in [2.05, 4.69) is 43.0 Å². The summed E-state index contributed by atoms with van der Waals surface area (Å²) in [7, 11) is 0. The molecule has 1 aliphatic carbocycles. The van der Waals surface area contributed by atoms with Crippen LogP contribution in [0.25, 0.3) is 0 Å². The molecule has 1 N–H and O–H groups in total. The maximum Gasteiger partial charge on any atom is 0.137 e. The highest BCUT2D eigenvalue weighted by molar-refractivity contribution is 6.30. The molecule has 2 rings (SSSR count). The summed E-state index contributed by atoms with van der Waals surface area (Å²) in [6, 6.07) is 0. The molecule has 0 spiro atoms. The van der Waals surface area contributed by atoms with Gasteiger partial charge >= 0.3 is 0 Å². The van der Waals surface area contributed by atoms with E-state index in [-0.39, 0.29) is 5.41 Å². The summed E-state index contributed by atoms with van der Waals surface area (Å²) < 4.78 is 0. The highest BCUT2D eigenvalue weighted by Crippen LogP contribution is 2.44. The predicted molar refractivity (Wildman–Crippen MR) is 76.3 cm³/mol. The smallest absolute Gasteiger partial charge is 0.137 e. The van der Waals surface area contributed by atoms with E-state index >= 15 is 0 Å². The number of hydrogen-bond donors (Lipinski definition) is 1. The van der Waals surface area contributed by atoms with E-state index in [1.54, 1.807) is 0 Å². The summed E-state index contributed by atoms with van der Waals surface area (Å²) in [6.45, 7) is 11.5. The maximum atomic E-state index is 6.20. The Kier molecular flexibility index (Phi) is 3.30. The van der Waals surface area contributed by atoms with Gasteiger partial charge in [-0.3, -0.25) is 0 Å². The molecule has 0 radical (unpaired) electrons. The molecular weight excluding hydrogens is 246 g/mol. The summed E-state index contributed by atoms with van der Waals surface area (Å²) >= 11 is 6.20. The third kappa shape index (κ3) is 2.94. The van der Waals surface area contributed by atoms with Crippen LogP contribution in [0.15, 0.2) is 0 Å². The molecule has 1 heterocycles. The van der Waals surface area contributed by atoms with Gasteiger partial charge in [-0.25, -0.2) is 9.97 Å². The second kappa shape index (κ2) is 4.37. The average molecular weight is 268 g/mol. The van der Waals surface area contributed by atoms with E-state index in [9.17, 15) is 0 Å². The van der Waals surface area contributed by atoms with Crippen molar-refractivity contribution in [1.82, 2.24) is 9.97 Å².